The number of ether oxygens (including phenoxy) is 1. The molecule has 1 aromatic rings. The second-order valence-electron chi connectivity index (χ2n) is 9.09. The number of hydrogen-bond acceptors (Lipinski definition) is 3. The van der Waals surface area contributed by atoms with E-state index < -0.39 is 0 Å². The number of piperazine rings is 1. The maximum Gasteiger partial charge on any atom is 0.226 e. The third kappa shape index (κ3) is 5.18. The zero-order valence-corrected chi connectivity index (χ0v) is 18.5. The number of carbonyl (C=O) groups is 1. The highest BCUT2D eigenvalue weighted by Gasteiger charge is 2.33. The maximum atomic E-state index is 13.1. The third-order valence-electron chi connectivity index (χ3n) is 7.09. The molecular formula is C25H38N3O2+. The van der Waals surface area contributed by atoms with E-state index in [1.807, 2.05) is 19.1 Å². The molecule has 5 heteroatoms. The minimum Gasteiger partial charge on any atom is -0.492 e. The molecule has 1 N–H and O–H groups in total. The maximum absolute atomic E-state index is 13.1. The van der Waals surface area contributed by atoms with Crippen LogP contribution >= 0.6 is 0 Å². The summed E-state index contributed by atoms with van der Waals surface area (Å²) in [5, 5.41) is 0. The Bertz CT molecular complexity index is 719. The summed E-state index contributed by atoms with van der Waals surface area (Å²) in [6.07, 6.45) is 10.7. The Morgan fingerprint density at radius 3 is 2.53 bits per heavy atom. The van der Waals surface area contributed by atoms with Crippen LogP contribution in [0.25, 0.3) is 0 Å². The number of nitrogens with one attached hydrogen (secondary N) is 1. The first-order chi connectivity index (χ1) is 14.7. The number of allylic oxidation sites excluding steroid dienone is 2. The van der Waals surface area contributed by atoms with Crippen molar-refractivity contribution in [3.63, 3.8) is 0 Å². The van der Waals surface area contributed by atoms with Gasteiger partial charge in [-0.1, -0.05) is 24.3 Å². The first kappa shape index (κ1) is 21.2. The summed E-state index contributed by atoms with van der Waals surface area (Å²) in [6.45, 7) is 9.73. The van der Waals surface area contributed by atoms with Crippen LogP contribution in [0.4, 0.5) is 5.69 Å². The summed E-state index contributed by atoms with van der Waals surface area (Å²) in [7, 11) is 0. The van der Waals surface area contributed by atoms with E-state index in [-0.39, 0.29) is 5.92 Å². The molecule has 4 rings (SSSR count). The van der Waals surface area contributed by atoms with Crippen LogP contribution in [-0.2, 0) is 4.79 Å². The van der Waals surface area contributed by atoms with Gasteiger partial charge in [-0.3, -0.25) is 4.79 Å². The van der Waals surface area contributed by atoms with Crippen molar-refractivity contribution in [2.75, 3.05) is 57.3 Å². The lowest BCUT2D eigenvalue weighted by molar-refractivity contribution is -0.909. The minimum atomic E-state index is 0.238. The number of rotatable bonds is 6. The van der Waals surface area contributed by atoms with Gasteiger partial charge in [0, 0.05) is 50.9 Å². The lowest BCUT2D eigenvalue weighted by atomic mass is 9.91. The van der Waals surface area contributed by atoms with Crippen LogP contribution in [0, 0.1) is 11.8 Å². The predicted molar refractivity (Wildman–Crippen MR) is 121 cm³/mol. The predicted octanol–water partition coefficient (Wildman–Crippen LogP) is 2.39. The molecule has 164 valence electrons. The second-order valence-corrected chi connectivity index (χ2v) is 9.09. The zero-order chi connectivity index (χ0) is 20.8. The molecule has 0 aromatic heterocycles. The van der Waals surface area contributed by atoms with Crippen molar-refractivity contribution >= 4 is 11.6 Å². The highest BCUT2D eigenvalue weighted by atomic mass is 16.5. The van der Waals surface area contributed by atoms with Crippen LogP contribution in [-0.4, -0.2) is 63.2 Å². The van der Waals surface area contributed by atoms with Gasteiger partial charge in [0.15, 0.2) is 0 Å². The fraction of sp³-hybridized carbons (Fsp3) is 0.640. The smallest absolute Gasteiger partial charge is 0.226 e. The van der Waals surface area contributed by atoms with Gasteiger partial charge in [-0.2, -0.15) is 0 Å². The van der Waals surface area contributed by atoms with Gasteiger partial charge in [0.25, 0.3) is 0 Å². The van der Waals surface area contributed by atoms with Gasteiger partial charge in [-0.15, -0.1) is 0 Å². The fourth-order valence-corrected chi connectivity index (χ4v) is 5.35. The summed E-state index contributed by atoms with van der Waals surface area (Å²) in [5.74, 6) is 2.43. The number of para-hydroxylation sites is 2. The fourth-order valence-electron chi connectivity index (χ4n) is 5.35. The standard InChI is InChI=1S/C25H37N3O2/c1-2-30-24-11-7-6-10-23(24)27-16-18-28(19-17-27)25(29)22-12-14-26(15-13-22)20-21-8-4-3-5-9-21/h3-4,6-7,10-11,21-22H,2,5,8-9,12-20H2,1H3/p+1/t21-/m0/s1. The van der Waals surface area contributed by atoms with Gasteiger partial charge >= 0.3 is 0 Å². The average molecular weight is 413 g/mol. The average Bonchev–Trinajstić information content (AvgIpc) is 2.81. The Kier molecular flexibility index (Phi) is 7.32. The number of anilines is 1. The third-order valence-corrected chi connectivity index (χ3v) is 7.09. The molecule has 2 heterocycles. The number of piperidine rings is 1. The molecule has 5 nitrogen and oxygen atoms in total. The molecule has 1 aromatic carbocycles. The van der Waals surface area contributed by atoms with Crippen molar-refractivity contribution in [2.24, 2.45) is 11.8 Å². The van der Waals surface area contributed by atoms with Crippen molar-refractivity contribution in [3.8, 4) is 5.75 Å². The van der Waals surface area contributed by atoms with Crippen molar-refractivity contribution < 1.29 is 14.4 Å². The van der Waals surface area contributed by atoms with E-state index in [9.17, 15) is 4.79 Å². The molecule has 0 bridgehead atoms. The molecular weight excluding hydrogens is 374 g/mol. The molecule has 0 spiro atoms. The van der Waals surface area contributed by atoms with Crippen LogP contribution < -0.4 is 14.5 Å². The number of nitrogens with zero attached hydrogens (tertiary/aromatic N) is 2. The molecule has 1 aliphatic carbocycles. The molecule has 30 heavy (non-hydrogen) atoms. The van der Waals surface area contributed by atoms with Crippen molar-refractivity contribution in [1.29, 1.82) is 0 Å². The summed E-state index contributed by atoms with van der Waals surface area (Å²) in [5.41, 5.74) is 1.15. The van der Waals surface area contributed by atoms with E-state index in [1.165, 1.54) is 25.8 Å². The van der Waals surface area contributed by atoms with Gasteiger partial charge < -0.3 is 19.4 Å². The SMILES string of the molecule is CCOc1ccccc1N1CCN(C(=O)C2CC[NH+](C[C@H]3CC=CCC3)CC2)CC1. The van der Waals surface area contributed by atoms with Crippen LogP contribution in [0.5, 0.6) is 5.75 Å². The quantitative estimate of drug-likeness (QED) is 0.729. The first-order valence-electron chi connectivity index (χ1n) is 12.0. The van der Waals surface area contributed by atoms with Gasteiger partial charge in [-0.25, -0.2) is 0 Å². The molecule has 0 saturated carbocycles. The molecule has 1 amide bonds. The van der Waals surface area contributed by atoms with Gasteiger partial charge in [-0.05, 0) is 38.3 Å². The lowest BCUT2D eigenvalue weighted by Crippen LogP contribution is -3.13. The Hall–Kier alpha value is -2.01. The number of carbonyl (C=O) groups excluding carboxylic acids is 1. The summed E-state index contributed by atoms with van der Waals surface area (Å²) in [4.78, 5) is 19.3. The number of amides is 1. The Morgan fingerprint density at radius 2 is 1.83 bits per heavy atom. The summed E-state index contributed by atoms with van der Waals surface area (Å²) >= 11 is 0. The molecule has 0 unspecified atom stereocenters. The Balaban J connectivity index is 1.23. The molecule has 0 radical (unpaired) electrons. The monoisotopic (exact) mass is 412 g/mol. The van der Waals surface area contributed by atoms with E-state index in [4.69, 9.17) is 4.74 Å². The van der Waals surface area contributed by atoms with E-state index in [2.05, 4.69) is 34.1 Å². The van der Waals surface area contributed by atoms with E-state index >= 15 is 0 Å². The molecule has 2 saturated heterocycles. The largest absolute Gasteiger partial charge is 0.492 e. The lowest BCUT2D eigenvalue weighted by Gasteiger charge is -2.39. The van der Waals surface area contributed by atoms with Crippen LogP contribution in [0.15, 0.2) is 36.4 Å². The molecule has 2 aliphatic heterocycles. The summed E-state index contributed by atoms with van der Waals surface area (Å²) < 4.78 is 5.80. The van der Waals surface area contributed by atoms with Crippen LogP contribution in [0.1, 0.15) is 39.0 Å². The van der Waals surface area contributed by atoms with Crippen molar-refractivity contribution in [1.82, 2.24) is 4.90 Å². The van der Waals surface area contributed by atoms with Crippen LogP contribution in [0.3, 0.4) is 0 Å². The van der Waals surface area contributed by atoms with E-state index in [0.29, 0.717) is 12.5 Å². The first-order valence-corrected chi connectivity index (χ1v) is 12.0. The van der Waals surface area contributed by atoms with Gasteiger partial charge in [0.05, 0.1) is 31.9 Å². The summed E-state index contributed by atoms with van der Waals surface area (Å²) in [6, 6.07) is 8.25. The number of hydrogen-bond donors (Lipinski definition) is 1. The van der Waals surface area contributed by atoms with E-state index in [0.717, 1.165) is 69.5 Å². The van der Waals surface area contributed by atoms with Crippen molar-refractivity contribution in [3.05, 3.63) is 36.4 Å². The molecule has 1 atom stereocenters. The number of likely N-dealkylation sites (tertiary alicyclic amines) is 1. The molecule has 2 fully saturated rings. The zero-order valence-electron chi connectivity index (χ0n) is 18.5. The number of quaternary nitrogens is 1. The van der Waals surface area contributed by atoms with Crippen molar-refractivity contribution in [2.45, 2.75) is 39.0 Å². The van der Waals surface area contributed by atoms with Gasteiger partial charge in [0.1, 0.15) is 5.75 Å². The normalized spacial score (nSPS) is 27.2. The van der Waals surface area contributed by atoms with Gasteiger partial charge in [0.2, 0.25) is 5.91 Å². The highest BCUT2D eigenvalue weighted by molar-refractivity contribution is 5.79. The molecule has 3 aliphatic rings. The topological polar surface area (TPSA) is 37.2 Å². The van der Waals surface area contributed by atoms with E-state index in [1.54, 1.807) is 4.90 Å². The minimum absolute atomic E-state index is 0.238. The number of benzene rings is 1. The van der Waals surface area contributed by atoms with Crippen LogP contribution in [0.2, 0.25) is 0 Å². The Labute approximate surface area is 181 Å². The Morgan fingerprint density at radius 1 is 1.07 bits per heavy atom. The highest BCUT2D eigenvalue weighted by Crippen LogP contribution is 2.29. The second kappa shape index (κ2) is 10.3.